The lowest BCUT2D eigenvalue weighted by Crippen LogP contribution is -2.37. The fourth-order valence-electron chi connectivity index (χ4n) is 2.50. The minimum absolute atomic E-state index is 0.0561. The van der Waals surface area contributed by atoms with Crippen LogP contribution in [0.1, 0.15) is 12.5 Å². The third kappa shape index (κ3) is 2.44. The van der Waals surface area contributed by atoms with Crippen molar-refractivity contribution in [1.29, 1.82) is 0 Å². The van der Waals surface area contributed by atoms with E-state index in [-0.39, 0.29) is 5.91 Å². The van der Waals surface area contributed by atoms with Crippen molar-refractivity contribution in [3.05, 3.63) is 54.1 Å². The third-order valence-electron chi connectivity index (χ3n) is 3.59. The van der Waals surface area contributed by atoms with Gasteiger partial charge in [-0.15, -0.1) is 0 Å². The number of ether oxygens (including phenoxy) is 2. The van der Waals surface area contributed by atoms with Crippen molar-refractivity contribution in [1.82, 2.24) is 0 Å². The van der Waals surface area contributed by atoms with Crippen molar-refractivity contribution in [2.45, 2.75) is 19.6 Å². The summed E-state index contributed by atoms with van der Waals surface area (Å²) >= 11 is 0. The molecule has 3 rings (SSSR count). The van der Waals surface area contributed by atoms with Crippen LogP contribution >= 0.6 is 0 Å². The first-order valence-electron chi connectivity index (χ1n) is 6.89. The highest BCUT2D eigenvalue weighted by Gasteiger charge is 2.30. The average molecular weight is 283 g/mol. The molecule has 21 heavy (non-hydrogen) atoms. The van der Waals surface area contributed by atoms with Crippen molar-refractivity contribution in [2.24, 2.45) is 0 Å². The minimum atomic E-state index is -0.553. The Bertz CT molecular complexity index is 654. The minimum Gasteiger partial charge on any atom is -0.493 e. The monoisotopic (exact) mass is 283 g/mol. The van der Waals surface area contributed by atoms with Gasteiger partial charge in [0.25, 0.3) is 5.91 Å². The van der Waals surface area contributed by atoms with Gasteiger partial charge in [-0.1, -0.05) is 30.3 Å². The molecule has 0 aromatic heterocycles. The lowest BCUT2D eigenvalue weighted by molar-refractivity contribution is -0.124. The fourth-order valence-corrected chi connectivity index (χ4v) is 2.50. The van der Waals surface area contributed by atoms with Gasteiger partial charge in [-0.2, -0.15) is 0 Å². The molecule has 1 unspecified atom stereocenters. The van der Waals surface area contributed by atoms with Gasteiger partial charge in [0.2, 0.25) is 0 Å². The maximum absolute atomic E-state index is 12.6. The van der Waals surface area contributed by atoms with Gasteiger partial charge in [0.05, 0.1) is 13.7 Å². The van der Waals surface area contributed by atoms with E-state index in [1.807, 2.05) is 48.5 Å². The Kier molecular flexibility index (Phi) is 3.52. The third-order valence-corrected chi connectivity index (χ3v) is 3.59. The summed E-state index contributed by atoms with van der Waals surface area (Å²) in [6.45, 7) is 2.24. The maximum Gasteiger partial charge on any atom is 0.268 e. The molecule has 0 bridgehead atoms. The second-order valence-electron chi connectivity index (χ2n) is 4.97. The number of hydrogen-bond donors (Lipinski definition) is 0. The van der Waals surface area contributed by atoms with Crippen molar-refractivity contribution in [2.75, 3.05) is 12.0 Å². The van der Waals surface area contributed by atoms with Gasteiger partial charge in [0.15, 0.2) is 17.6 Å². The van der Waals surface area contributed by atoms with Gasteiger partial charge in [-0.3, -0.25) is 4.79 Å². The van der Waals surface area contributed by atoms with Crippen LogP contribution in [0, 0.1) is 0 Å². The molecule has 1 heterocycles. The van der Waals surface area contributed by atoms with E-state index >= 15 is 0 Å². The first kappa shape index (κ1) is 13.5. The van der Waals surface area contributed by atoms with E-state index in [2.05, 4.69) is 0 Å². The maximum atomic E-state index is 12.6. The largest absolute Gasteiger partial charge is 0.493 e. The number of benzene rings is 2. The zero-order chi connectivity index (χ0) is 14.8. The van der Waals surface area contributed by atoms with Crippen LogP contribution in [0.5, 0.6) is 11.5 Å². The topological polar surface area (TPSA) is 38.8 Å². The molecular weight excluding hydrogens is 266 g/mol. The normalized spacial score (nSPS) is 17.7. The van der Waals surface area contributed by atoms with Gasteiger partial charge in [0.1, 0.15) is 0 Å². The number of hydrogen-bond acceptors (Lipinski definition) is 3. The quantitative estimate of drug-likeness (QED) is 0.850. The van der Waals surface area contributed by atoms with Crippen LogP contribution in [0.15, 0.2) is 48.5 Å². The molecule has 4 nitrogen and oxygen atoms in total. The van der Waals surface area contributed by atoms with E-state index in [0.717, 1.165) is 11.3 Å². The van der Waals surface area contributed by atoms with E-state index in [4.69, 9.17) is 9.47 Å². The highest BCUT2D eigenvalue weighted by molar-refractivity contribution is 5.97. The molecule has 1 aliphatic heterocycles. The van der Waals surface area contributed by atoms with Crippen molar-refractivity contribution in [3.8, 4) is 11.5 Å². The molecule has 1 aliphatic rings. The summed E-state index contributed by atoms with van der Waals surface area (Å²) in [5.41, 5.74) is 1.81. The lowest BCUT2D eigenvalue weighted by Gasteiger charge is -2.22. The van der Waals surface area contributed by atoms with Crippen LogP contribution < -0.4 is 14.4 Å². The summed E-state index contributed by atoms with van der Waals surface area (Å²) in [5, 5.41) is 0. The van der Waals surface area contributed by atoms with E-state index < -0.39 is 6.10 Å². The van der Waals surface area contributed by atoms with Gasteiger partial charge in [0, 0.05) is 11.3 Å². The molecule has 2 aromatic rings. The first-order chi connectivity index (χ1) is 10.2. The number of anilines is 1. The summed E-state index contributed by atoms with van der Waals surface area (Å²) in [5.74, 6) is 1.25. The fraction of sp³-hybridized carbons (Fsp3) is 0.235. The van der Waals surface area contributed by atoms with Crippen molar-refractivity contribution >= 4 is 11.6 Å². The Labute approximate surface area is 123 Å². The van der Waals surface area contributed by atoms with Crippen LogP contribution in [0.2, 0.25) is 0 Å². The first-order valence-corrected chi connectivity index (χ1v) is 6.89. The van der Waals surface area contributed by atoms with Crippen LogP contribution in [-0.4, -0.2) is 19.1 Å². The Hall–Kier alpha value is -2.49. The summed E-state index contributed by atoms with van der Waals surface area (Å²) in [6.07, 6.45) is -0.553. The number of methoxy groups -OCH3 is 1. The summed E-state index contributed by atoms with van der Waals surface area (Å²) in [4.78, 5) is 14.3. The number of amides is 1. The molecule has 0 radical (unpaired) electrons. The highest BCUT2D eigenvalue weighted by Crippen LogP contribution is 2.36. The molecule has 4 heteroatoms. The number of carbonyl (C=O) groups excluding carboxylic acids is 1. The molecule has 0 aliphatic carbocycles. The Morgan fingerprint density at radius 3 is 2.62 bits per heavy atom. The highest BCUT2D eigenvalue weighted by atomic mass is 16.5. The summed E-state index contributed by atoms with van der Waals surface area (Å²) in [6, 6.07) is 15.3. The number of nitrogens with zero attached hydrogens (tertiary/aromatic N) is 1. The van der Waals surface area contributed by atoms with Crippen LogP contribution in [0.25, 0.3) is 0 Å². The van der Waals surface area contributed by atoms with Gasteiger partial charge in [-0.25, -0.2) is 0 Å². The molecule has 0 spiro atoms. The predicted octanol–water partition coefficient (Wildman–Crippen LogP) is 3.01. The zero-order valence-electron chi connectivity index (χ0n) is 12.1. The lowest BCUT2D eigenvalue weighted by atomic mass is 10.1. The molecular formula is C17H17NO3. The molecule has 0 saturated carbocycles. The van der Waals surface area contributed by atoms with E-state index in [9.17, 15) is 4.79 Å². The van der Waals surface area contributed by atoms with Gasteiger partial charge < -0.3 is 14.4 Å². The smallest absolute Gasteiger partial charge is 0.268 e. The number of para-hydroxylation sites is 2. The number of fused-ring (bicyclic) bond motifs is 1. The summed E-state index contributed by atoms with van der Waals surface area (Å²) < 4.78 is 11.2. The Balaban J connectivity index is 2.06. The SMILES string of the molecule is COc1cccc2c1OC(C)C(=O)N(c1ccccc1)C2. The number of rotatable bonds is 2. The molecule has 0 N–H and O–H groups in total. The molecule has 1 atom stereocenters. The second kappa shape index (κ2) is 5.48. The second-order valence-corrected chi connectivity index (χ2v) is 4.97. The van der Waals surface area contributed by atoms with E-state index in [1.54, 1.807) is 18.9 Å². The number of carbonyl (C=O) groups is 1. The van der Waals surface area contributed by atoms with E-state index in [0.29, 0.717) is 18.0 Å². The zero-order valence-corrected chi connectivity index (χ0v) is 12.1. The molecule has 1 amide bonds. The van der Waals surface area contributed by atoms with Crippen LogP contribution in [0.4, 0.5) is 5.69 Å². The van der Waals surface area contributed by atoms with Crippen molar-refractivity contribution < 1.29 is 14.3 Å². The summed E-state index contributed by atoms with van der Waals surface area (Å²) in [7, 11) is 1.60. The van der Waals surface area contributed by atoms with Gasteiger partial charge in [-0.05, 0) is 25.1 Å². The van der Waals surface area contributed by atoms with Crippen LogP contribution in [0.3, 0.4) is 0 Å². The Morgan fingerprint density at radius 2 is 1.90 bits per heavy atom. The predicted molar refractivity (Wildman–Crippen MR) is 80.7 cm³/mol. The average Bonchev–Trinajstić information content (AvgIpc) is 2.65. The van der Waals surface area contributed by atoms with Crippen LogP contribution in [-0.2, 0) is 11.3 Å². The van der Waals surface area contributed by atoms with Crippen molar-refractivity contribution in [3.63, 3.8) is 0 Å². The van der Waals surface area contributed by atoms with E-state index in [1.165, 1.54) is 0 Å². The molecule has 108 valence electrons. The standard InChI is InChI=1S/C17H17NO3/c1-12-17(19)18(14-8-4-3-5-9-14)11-13-7-6-10-15(20-2)16(13)21-12/h3-10,12H,11H2,1-2H3. The van der Waals surface area contributed by atoms with Gasteiger partial charge >= 0.3 is 0 Å². The molecule has 0 fully saturated rings. The molecule has 0 saturated heterocycles. The Morgan fingerprint density at radius 1 is 1.14 bits per heavy atom. The molecule has 2 aromatic carbocycles.